The van der Waals surface area contributed by atoms with Crippen molar-refractivity contribution >= 4 is 5.91 Å². The average Bonchev–Trinajstić information content (AvgIpc) is 3.00. The van der Waals surface area contributed by atoms with Gasteiger partial charge in [-0.05, 0) is 45.6 Å². The lowest BCUT2D eigenvalue weighted by Gasteiger charge is -2.21. The molecule has 6 nitrogen and oxygen atoms in total. The molecule has 0 atom stereocenters. The summed E-state index contributed by atoms with van der Waals surface area (Å²) in [4.78, 5) is 16.9. The van der Waals surface area contributed by atoms with Crippen LogP contribution >= 0.6 is 0 Å². The molecule has 0 bridgehead atoms. The zero-order valence-corrected chi connectivity index (χ0v) is 17.9. The second-order valence-electron chi connectivity index (χ2n) is 8.20. The Morgan fingerprint density at radius 3 is 2.50 bits per heavy atom. The molecular formula is C22H35N5O. The molecule has 0 aromatic carbocycles. The maximum atomic E-state index is 12.3. The molecular weight excluding hydrogens is 350 g/mol. The van der Waals surface area contributed by atoms with Crippen LogP contribution in [0.5, 0.6) is 0 Å². The van der Waals surface area contributed by atoms with E-state index in [1.165, 1.54) is 49.8 Å². The molecule has 0 aliphatic heterocycles. The van der Waals surface area contributed by atoms with E-state index in [4.69, 9.17) is 0 Å². The highest BCUT2D eigenvalue weighted by atomic mass is 16.1. The molecule has 1 saturated carbocycles. The molecule has 2 aromatic heterocycles. The van der Waals surface area contributed by atoms with E-state index in [1.54, 1.807) is 0 Å². The van der Waals surface area contributed by atoms with Gasteiger partial charge >= 0.3 is 0 Å². The summed E-state index contributed by atoms with van der Waals surface area (Å²) in [7, 11) is 1.95. The van der Waals surface area contributed by atoms with Crippen molar-refractivity contribution < 1.29 is 4.79 Å². The van der Waals surface area contributed by atoms with Crippen LogP contribution in [0.4, 0.5) is 0 Å². The highest BCUT2D eigenvalue weighted by Crippen LogP contribution is 2.29. The molecule has 0 spiro atoms. The summed E-state index contributed by atoms with van der Waals surface area (Å²) < 4.78 is 4.32. The summed E-state index contributed by atoms with van der Waals surface area (Å²) in [5.41, 5.74) is 4.60. The third-order valence-electron chi connectivity index (χ3n) is 6.18. The number of hydrogen-bond donors (Lipinski definition) is 1. The van der Waals surface area contributed by atoms with Gasteiger partial charge in [0.2, 0.25) is 5.91 Å². The van der Waals surface area contributed by atoms with Crippen molar-refractivity contribution in [2.75, 3.05) is 6.54 Å². The summed E-state index contributed by atoms with van der Waals surface area (Å²) in [6.45, 7) is 6.87. The van der Waals surface area contributed by atoms with Crippen molar-refractivity contribution in [3.63, 3.8) is 0 Å². The summed E-state index contributed by atoms with van der Waals surface area (Å²) in [5.74, 6) is 1.22. The first-order valence-electron chi connectivity index (χ1n) is 10.8. The van der Waals surface area contributed by atoms with E-state index in [2.05, 4.69) is 33.8 Å². The first kappa shape index (κ1) is 20.6. The Kier molecular flexibility index (Phi) is 6.92. The predicted octanol–water partition coefficient (Wildman–Crippen LogP) is 3.73. The third-order valence-corrected chi connectivity index (χ3v) is 6.18. The Labute approximate surface area is 168 Å². The molecule has 3 rings (SSSR count). The molecule has 1 aliphatic rings. The highest BCUT2D eigenvalue weighted by molar-refractivity contribution is 5.76. The fourth-order valence-electron chi connectivity index (χ4n) is 4.52. The van der Waals surface area contributed by atoms with E-state index >= 15 is 0 Å². The SMILES string of the molecule is Cc1nn(C)c(C)c1CCC(=O)NCCc1ncc(C)n1C1CCCCCC1. The van der Waals surface area contributed by atoms with Gasteiger partial charge in [0.1, 0.15) is 5.82 Å². The van der Waals surface area contributed by atoms with E-state index in [1.807, 2.05) is 24.9 Å². The zero-order valence-electron chi connectivity index (χ0n) is 17.9. The maximum Gasteiger partial charge on any atom is 0.220 e. The van der Waals surface area contributed by atoms with Crippen molar-refractivity contribution in [2.45, 2.75) is 84.6 Å². The standard InChI is InChI=1S/C22H35N5O/c1-16-15-24-21(27(16)19-9-7-5-6-8-10-19)13-14-23-22(28)12-11-20-17(2)25-26(4)18(20)3/h15,19H,5-14H2,1-4H3,(H,23,28). The van der Waals surface area contributed by atoms with Gasteiger partial charge in [0.05, 0.1) is 5.69 Å². The van der Waals surface area contributed by atoms with Crippen molar-refractivity contribution in [1.82, 2.24) is 24.6 Å². The van der Waals surface area contributed by atoms with E-state index in [0.29, 0.717) is 19.0 Å². The van der Waals surface area contributed by atoms with Crippen LogP contribution in [0.3, 0.4) is 0 Å². The minimum absolute atomic E-state index is 0.104. The van der Waals surface area contributed by atoms with E-state index in [0.717, 1.165) is 30.1 Å². The monoisotopic (exact) mass is 385 g/mol. The average molecular weight is 386 g/mol. The Morgan fingerprint density at radius 2 is 1.86 bits per heavy atom. The van der Waals surface area contributed by atoms with Crippen LogP contribution in [0.15, 0.2) is 6.20 Å². The van der Waals surface area contributed by atoms with Crippen molar-refractivity contribution in [2.24, 2.45) is 7.05 Å². The number of hydrogen-bond acceptors (Lipinski definition) is 3. The van der Waals surface area contributed by atoms with Gasteiger partial charge in [0.25, 0.3) is 0 Å². The fraction of sp³-hybridized carbons (Fsp3) is 0.682. The van der Waals surface area contributed by atoms with Crippen LogP contribution in [0.2, 0.25) is 0 Å². The highest BCUT2D eigenvalue weighted by Gasteiger charge is 2.19. The molecule has 0 radical (unpaired) electrons. The van der Waals surface area contributed by atoms with Gasteiger partial charge in [-0.25, -0.2) is 4.98 Å². The number of nitrogens with one attached hydrogen (secondary N) is 1. The number of aromatic nitrogens is 4. The second kappa shape index (κ2) is 9.39. The minimum atomic E-state index is 0.104. The van der Waals surface area contributed by atoms with Crippen LogP contribution in [-0.4, -0.2) is 31.8 Å². The topological polar surface area (TPSA) is 64.7 Å². The summed E-state index contributed by atoms with van der Waals surface area (Å²) >= 11 is 0. The van der Waals surface area contributed by atoms with Crippen molar-refractivity contribution in [3.05, 3.63) is 34.7 Å². The Hall–Kier alpha value is -2.11. The third kappa shape index (κ3) is 4.83. The summed E-state index contributed by atoms with van der Waals surface area (Å²) in [6.07, 6.45) is 11.8. The number of imidazole rings is 1. The zero-order chi connectivity index (χ0) is 20.1. The normalized spacial score (nSPS) is 15.6. The molecule has 0 unspecified atom stereocenters. The number of amides is 1. The van der Waals surface area contributed by atoms with E-state index in [9.17, 15) is 4.79 Å². The molecule has 2 aromatic rings. The molecule has 0 saturated heterocycles. The van der Waals surface area contributed by atoms with Gasteiger partial charge < -0.3 is 9.88 Å². The van der Waals surface area contributed by atoms with Gasteiger partial charge in [-0.2, -0.15) is 5.10 Å². The molecule has 1 aliphatic carbocycles. The van der Waals surface area contributed by atoms with Crippen LogP contribution < -0.4 is 5.32 Å². The Morgan fingerprint density at radius 1 is 1.14 bits per heavy atom. The quantitative estimate of drug-likeness (QED) is 0.739. The van der Waals surface area contributed by atoms with Gasteiger partial charge in [-0.1, -0.05) is 25.7 Å². The lowest BCUT2D eigenvalue weighted by Crippen LogP contribution is -2.27. The fourth-order valence-corrected chi connectivity index (χ4v) is 4.52. The number of aryl methyl sites for hydroxylation is 3. The lowest BCUT2D eigenvalue weighted by atomic mass is 10.1. The van der Waals surface area contributed by atoms with Crippen LogP contribution in [0.25, 0.3) is 0 Å². The van der Waals surface area contributed by atoms with Crippen LogP contribution in [0.1, 0.15) is 79.5 Å². The molecule has 1 amide bonds. The van der Waals surface area contributed by atoms with E-state index < -0.39 is 0 Å². The lowest BCUT2D eigenvalue weighted by molar-refractivity contribution is -0.121. The Balaban J connectivity index is 1.50. The van der Waals surface area contributed by atoms with Gasteiger partial charge in [-0.3, -0.25) is 9.48 Å². The molecule has 2 heterocycles. The molecule has 6 heteroatoms. The summed E-state index contributed by atoms with van der Waals surface area (Å²) in [5, 5.41) is 7.51. The molecule has 1 fully saturated rings. The summed E-state index contributed by atoms with van der Waals surface area (Å²) in [6, 6.07) is 0.576. The maximum absolute atomic E-state index is 12.3. The smallest absolute Gasteiger partial charge is 0.220 e. The molecule has 1 N–H and O–H groups in total. The minimum Gasteiger partial charge on any atom is -0.356 e. The number of carbonyl (C=O) groups excluding carboxylic acids is 1. The first-order valence-corrected chi connectivity index (χ1v) is 10.8. The van der Waals surface area contributed by atoms with Gasteiger partial charge in [-0.15, -0.1) is 0 Å². The van der Waals surface area contributed by atoms with Gasteiger partial charge in [0.15, 0.2) is 0 Å². The van der Waals surface area contributed by atoms with Crippen molar-refractivity contribution in [3.8, 4) is 0 Å². The second-order valence-corrected chi connectivity index (χ2v) is 8.20. The number of carbonyl (C=O) groups is 1. The molecule has 28 heavy (non-hydrogen) atoms. The van der Waals surface area contributed by atoms with Crippen LogP contribution in [0, 0.1) is 20.8 Å². The van der Waals surface area contributed by atoms with E-state index in [-0.39, 0.29) is 5.91 Å². The largest absolute Gasteiger partial charge is 0.356 e. The number of rotatable bonds is 7. The van der Waals surface area contributed by atoms with Gasteiger partial charge in [0, 0.05) is 50.1 Å². The predicted molar refractivity (Wildman–Crippen MR) is 111 cm³/mol. The van der Waals surface area contributed by atoms with Crippen molar-refractivity contribution in [1.29, 1.82) is 0 Å². The first-order chi connectivity index (χ1) is 13.5. The Bertz CT molecular complexity index is 796. The molecule has 154 valence electrons. The number of nitrogens with zero attached hydrogens (tertiary/aromatic N) is 4. The van der Waals surface area contributed by atoms with Crippen LogP contribution in [-0.2, 0) is 24.7 Å².